The van der Waals surface area contributed by atoms with Gasteiger partial charge in [-0.25, -0.2) is 0 Å². The van der Waals surface area contributed by atoms with Gasteiger partial charge in [0.2, 0.25) is 0 Å². The number of pyridine rings is 1. The lowest BCUT2D eigenvalue weighted by Crippen LogP contribution is -2.03. The Morgan fingerprint density at radius 2 is 1.94 bits per heavy atom. The Balaban J connectivity index is 2.09. The van der Waals surface area contributed by atoms with Crippen LogP contribution in [0, 0.1) is 0 Å². The minimum atomic E-state index is 0.619. The smallest absolute Gasteiger partial charge is 0.145 e. The van der Waals surface area contributed by atoms with E-state index >= 15 is 0 Å². The van der Waals surface area contributed by atoms with E-state index in [2.05, 4.69) is 11.2 Å². The third-order valence-corrected chi connectivity index (χ3v) is 3.24. The van der Waals surface area contributed by atoms with E-state index in [4.69, 9.17) is 10.5 Å². The lowest BCUT2D eigenvalue weighted by molar-refractivity contribution is 0.479. The first-order valence-corrected chi connectivity index (χ1v) is 7.00. The highest BCUT2D eigenvalue weighted by molar-refractivity contribution is 7.98. The van der Waals surface area contributed by atoms with Crippen molar-refractivity contribution in [3.63, 3.8) is 0 Å². The average Bonchev–Trinajstić information content (AvgIpc) is 2.40. The zero-order chi connectivity index (χ0) is 12.8. The largest absolute Gasteiger partial charge is 0.456 e. The molecule has 1 aromatic carbocycles. The second-order valence-corrected chi connectivity index (χ2v) is 4.72. The molecule has 0 aliphatic rings. The number of rotatable bonds is 5. The van der Waals surface area contributed by atoms with Crippen molar-refractivity contribution in [1.29, 1.82) is 0 Å². The van der Waals surface area contributed by atoms with E-state index in [0.717, 1.165) is 23.5 Å². The van der Waals surface area contributed by atoms with E-state index in [-0.39, 0.29) is 0 Å². The molecule has 2 rings (SSSR count). The highest BCUT2D eigenvalue weighted by Gasteiger charge is 2.00. The van der Waals surface area contributed by atoms with Gasteiger partial charge in [-0.2, -0.15) is 0 Å². The van der Waals surface area contributed by atoms with Gasteiger partial charge in [0.25, 0.3) is 0 Å². The second kappa shape index (κ2) is 6.42. The monoisotopic (exact) mass is 260 g/mol. The van der Waals surface area contributed by atoms with Crippen molar-refractivity contribution >= 4 is 11.8 Å². The molecule has 0 atom stereocenters. The molecule has 3 nitrogen and oxygen atoms in total. The quantitative estimate of drug-likeness (QED) is 0.839. The van der Waals surface area contributed by atoms with Crippen LogP contribution < -0.4 is 10.5 Å². The van der Waals surface area contributed by atoms with Gasteiger partial charge in [0.15, 0.2) is 0 Å². The first kappa shape index (κ1) is 12.9. The maximum atomic E-state index is 5.75. The van der Waals surface area contributed by atoms with Gasteiger partial charge < -0.3 is 10.5 Å². The normalized spacial score (nSPS) is 10.3. The summed E-state index contributed by atoms with van der Waals surface area (Å²) >= 11 is 1.71. The van der Waals surface area contributed by atoms with E-state index in [1.54, 1.807) is 18.0 Å². The molecule has 1 heterocycles. The third kappa shape index (κ3) is 3.48. The SMILES string of the molecule is CSc1ccc(Oc2cncc(CCN)c2)cc1. The molecule has 0 aliphatic heterocycles. The summed E-state index contributed by atoms with van der Waals surface area (Å²) in [6.45, 7) is 0.619. The molecule has 0 spiro atoms. The summed E-state index contributed by atoms with van der Waals surface area (Å²) in [6.07, 6.45) is 6.39. The second-order valence-electron chi connectivity index (χ2n) is 3.85. The lowest BCUT2D eigenvalue weighted by atomic mass is 10.2. The van der Waals surface area contributed by atoms with Gasteiger partial charge in [-0.1, -0.05) is 0 Å². The molecular weight excluding hydrogens is 244 g/mol. The summed E-state index contributed by atoms with van der Waals surface area (Å²) in [5.41, 5.74) is 6.62. The maximum Gasteiger partial charge on any atom is 0.145 e. The van der Waals surface area contributed by atoms with E-state index in [0.29, 0.717) is 6.54 Å². The number of ether oxygens (including phenoxy) is 1. The number of thioether (sulfide) groups is 1. The highest BCUT2D eigenvalue weighted by atomic mass is 32.2. The van der Waals surface area contributed by atoms with Gasteiger partial charge in [-0.3, -0.25) is 4.98 Å². The summed E-state index contributed by atoms with van der Waals surface area (Å²) < 4.78 is 5.75. The van der Waals surface area contributed by atoms with Crippen molar-refractivity contribution in [3.05, 3.63) is 48.3 Å². The van der Waals surface area contributed by atoms with Crippen LogP contribution in [0.3, 0.4) is 0 Å². The van der Waals surface area contributed by atoms with Crippen molar-refractivity contribution in [2.75, 3.05) is 12.8 Å². The van der Waals surface area contributed by atoms with Crippen LogP contribution in [0.5, 0.6) is 11.5 Å². The highest BCUT2D eigenvalue weighted by Crippen LogP contribution is 2.24. The molecule has 0 saturated heterocycles. The molecule has 94 valence electrons. The van der Waals surface area contributed by atoms with Gasteiger partial charge in [-0.05, 0) is 55.1 Å². The molecule has 0 amide bonds. The Morgan fingerprint density at radius 1 is 1.17 bits per heavy atom. The number of nitrogens with two attached hydrogens (primary N) is 1. The van der Waals surface area contributed by atoms with Crippen LogP contribution in [-0.2, 0) is 6.42 Å². The Morgan fingerprint density at radius 3 is 2.61 bits per heavy atom. The molecule has 1 aromatic heterocycles. The molecule has 2 N–H and O–H groups in total. The van der Waals surface area contributed by atoms with Crippen LogP contribution in [0.15, 0.2) is 47.6 Å². The fraction of sp³-hybridized carbons (Fsp3) is 0.214. The van der Waals surface area contributed by atoms with E-state index in [9.17, 15) is 0 Å². The Labute approximate surface area is 111 Å². The van der Waals surface area contributed by atoms with Gasteiger partial charge in [-0.15, -0.1) is 11.8 Å². The van der Waals surface area contributed by atoms with E-state index < -0.39 is 0 Å². The molecule has 4 heteroatoms. The average molecular weight is 260 g/mol. The fourth-order valence-corrected chi connectivity index (χ4v) is 2.01. The number of hydrogen-bond acceptors (Lipinski definition) is 4. The minimum Gasteiger partial charge on any atom is -0.456 e. The van der Waals surface area contributed by atoms with Gasteiger partial charge in [0, 0.05) is 11.1 Å². The van der Waals surface area contributed by atoms with Crippen LogP contribution in [0.2, 0.25) is 0 Å². The van der Waals surface area contributed by atoms with Crippen LogP contribution in [0.1, 0.15) is 5.56 Å². The summed E-state index contributed by atoms with van der Waals surface area (Å²) in [6, 6.07) is 9.97. The van der Waals surface area contributed by atoms with Crippen molar-refractivity contribution in [2.45, 2.75) is 11.3 Å². The molecule has 0 fully saturated rings. The lowest BCUT2D eigenvalue weighted by Gasteiger charge is -2.07. The zero-order valence-electron chi connectivity index (χ0n) is 10.3. The first-order chi connectivity index (χ1) is 8.81. The van der Waals surface area contributed by atoms with Crippen LogP contribution in [-0.4, -0.2) is 17.8 Å². The first-order valence-electron chi connectivity index (χ1n) is 5.77. The number of aromatic nitrogens is 1. The van der Waals surface area contributed by atoms with Crippen LogP contribution in [0.4, 0.5) is 0 Å². The van der Waals surface area contributed by atoms with Crippen molar-refractivity contribution in [1.82, 2.24) is 4.98 Å². The fourth-order valence-electron chi connectivity index (χ4n) is 1.60. The van der Waals surface area contributed by atoms with E-state index in [1.165, 1.54) is 4.90 Å². The Bertz CT molecular complexity index is 499. The summed E-state index contributed by atoms with van der Waals surface area (Å²) in [5.74, 6) is 1.57. The van der Waals surface area contributed by atoms with Gasteiger partial charge in [0.1, 0.15) is 11.5 Å². The Kier molecular flexibility index (Phi) is 4.61. The topological polar surface area (TPSA) is 48.1 Å². The number of benzene rings is 1. The summed E-state index contributed by atoms with van der Waals surface area (Å²) in [7, 11) is 0. The summed E-state index contributed by atoms with van der Waals surface area (Å²) in [4.78, 5) is 5.37. The molecule has 0 aliphatic carbocycles. The predicted octanol–water partition coefficient (Wildman–Crippen LogP) is 3.10. The number of hydrogen-bond donors (Lipinski definition) is 1. The predicted molar refractivity (Wildman–Crippen MR) is 75.3 cm³/mol. The van der Waals surface area contributed by atoms with Crippen molar-refractivity contribution in [3.8, 4) is 11.5 Å². The standard InChI is InChI=1S/C14H16N2OS/c1-18-14-4-2-12(3-5-14)17-13-8-11(6-7-15)9-16-10-13/h2-5,8-10H,6-7,15H2,1H3. The zero-order valence-corrected chi connectivity index (χ0v) is 11.1. The maximum absolute atomic E-state index is 5.75. The molecule has 0 radical (unpaired) electrons. The summed E-state index contributed by atoms with van der Waals surface area (Å²) in [5, 5.41) is 0. The minimum absolute atomic E-state index is 0.619. The van der Waals surface area contributed by atoms with Crippen molar-refractivity contribution < 1.29 is 4.74 Å². The van der Waals surface area contributed by atoms with E-state index in [1.807, 2.05) is 36.5 Å². The third-order valence-electron chi connectivity index (χ3n) is 2.50. The number of nitrogens with zero attached hydrogens (tertiary/aromatic N) is 1. The molecule has 0 unspecified atom stereocenters. The van der Waals surface area contributed by atoms with Crippen molar-refractivity contribution in [2.24, 2.45) is 5.73 Å². The molecule has 18 heavy (non-hydrogen) atoms. The molecular formula is C14H16N2OS. The van der Waals surface area contributed by atoms with Gasteiger partial charge >= 0.3 is 0 Å². The Hall–Kier alpha value is -1.52. The van der Waals surface area contributed by atoms with Crippen LogP contribution in [0.25, 0.3) is 0 Å². The van der Waals surface area contributed by atoms with Crippen LogP contribution >= 0.6 is 11.8 Å². The van der Waals surface area contributed by atoms with Gasteiger partial charge in [0.05, 0.1) is 6.20 Å². The molecule has 2 aromatic rings. The molecule has 0 saturated carbocycles. The molecule has 0 bridgehead atoms.